The molecule has 0 amide bonds. The van der Waals surface area contributed by atoms with Crippen LogP contribution in [0, 0.1) is 0 Å². The maximum absolute atomic E-state index is 4.64. The van der Waals surface area contributed by atoms with Gasteiger partial charge in [-0.15, -0.1) is 0 Å². The van der Waals surface area contributed by atoms with Gasteiger partial charge in [0, 0.05) is 46.1 Å². The molecule has 4 nitrogen and oxygen atoms in total. The zero-order valence-corrected chi connectivity index (χ0v) is 14.9. The summed E-state index contributed by atoms with van der Waals surface area (Å²) in [5, 5.41) is 0. The number of rotatable bonds is 8. The van der Waals surface area contributed by atoms with Crippen LogP contribution in [0.2, 0.25) is 0 Å². The molecule has 0 saturated carbocycles. The fourth-order valence-electron chi connectivity index (χ4n) is 2.14. The summed E-state index contributed by atoms with van der Waals surface area (Å²) in [4.78, 5) is 13.3. The van der Waals surface area contributed by atoms with E-state index in [0.717, 1.165) is 48.7 Å². The first kappa shape index (κ1) is 19.4. The van der Waals surface area contributed by atoms with Gasteiger partial charge in [0.05, 0.1) is 5.70 Å². The summed E-state index contributed by atoms with van der Waals surface area (Å²) in [6.45, 7) is 14.5. The molecule has 4 heteroatoms. The molecular weight excluding hydrogens is 260 g/mol. The van der Waals surface area contributed by atoms with Crippen molar-refractivity contribution in [3.05, 3.63) is 24.0 Å². The summed E-state index contributed by atoms with van der Waals surface area (Å²) in [5.74, 6) is 0.899. The van der Waals surface area contributed by atoms with E-state index in [1.54, 1.807) is 0 Å². The Morgan fingerprint density at radius 2 is 1.62 bits per heavy atom. The third-order valence-corrected chi connectivity index (χ3v) is 3.08. The lowest BCUT2D eigenvalue weighted by molar-refractivity contribution is 0.416. The first-order valence-electron chi connectivity index (χ1n) is 7.68. The first-order valence-corrected chi connectivity index (χ1v) is 7.68. The number of allylic oxidation sites excluding steroid dienone is 1. The van der Waals surface area contributed by atoms with Crippen molar-refractivity contribution >= 4 is 11.5 Å². The van der Waals surface area contributed by atoms with Crippen molar-refractivity contribution in [2.24, 2.45) is 9.98 Å². The van der Waals surface area contributed by atoms with Gasteiger partial charge in [-0.1, -0.05) is 20.4 Å². The first-order chi connectivity index (χ1) is 9.87. The lowest BCUT2D eigenvalue weighted by Gasteiger charge is -2.25. The van der Waals surface area contributed by atoms with Crippen LogP contribution in [0.5, 0.6) is 0 Å². The molecule has 0 N–H and O–H groups in total. The summed E-state index contributed by atoms with van der Waals surface area (Å²) in [7, 11) is 5.83. The molecule has 0 atom stereocenters. The molecular formula is C17H32N4. The predicted octanol–water partition coefficient (Wildman–Crippen LogP) is 3.58. The van der Waals surface area contributed by atoms with Crippen LogP contribution >= 0.6 is 0 Å². The van der Waals surface area contributed by atoms with Crippen LogP contribution < -0.4 is 0 Å². The van der Waals surface area contributed by atoms with Crippen molar-refractivity contribution in [2.75, 3.05) is 34.2 Å². The molecule has 120 valence electrons. The highest BCUT2D eigenvalue weighted by Crippen LogP contribution is 2.09. The van der Waals surface area contributed by atoms with Gasteiger partial charge in [0.25, 0.3) is 0 Å². The van der Waals surface area contributed by atoms with Gasteiger partial charge in [0.1, 0.15) is 5.84 Å². The highest BCUT2D eigenvalue weighted by atomic mass is 15.2. The van der Waals surface area contributed by atoms with E-state index in [0.29, 0.717) is 0 Å². The summed E-state index contributed by atoms with van der Waals surface area (Å²) in [6.07, 6.45) is 4.24. The van der Waals surface area contributed by atoms with Crippen molar-refractivity contribution in [1.29, 1.82) is 0 Å². The van der Waals surface area contributed by atoms with E-state index >= 15 is 0 Å². The molecule has 0 aliphatic rings. The third kappa shape index (κ3) is 7.11. The number of amidine groups is 1. The van der Waals surface area contributed by atoms with E-state index in [9.17, 15) is 0 Å². The van der Waals surface area contributed by atoms with Gasteiger partial charge in [-0.25, -0.2) is 0 Å². The summed E-state index contributed by atoms with van der Waals surface area (Å²) in [6, 6.07) is 0. The largest absolute Gasteiger partial charge is 0.383 e. The highest BCUT2D eigenvalue weighted by Gasteiger charge is 2.12. The molecule has 0 fully saturated rings. The number of hydrogen-bond acceptors (Lipinski definition) is 3. The third-order valence-electron chi connectivity index (χ3n) is 3.08. The second-order valence-corrected chi connectivity index (χ2v) is 5.45. The van der Waals surface area contributed by atoms with E-state index in [1.807, 2.05) is 33.0 Å². The Morgan fingerprint density at radius 1 is 1.10 bits per heavy atom. The Bertz CT molecular complexity index is 411. The molecule has 0 aromatic heterocycles. The van der Waals surface area contributed by atoms with E-state index in [1.165, 1.54) is 0 Å². The van der Waals surface area contributed by atoms with Gasteiger partial charge in [-0.05, 0) is 32.3 Å². The Balaban J connectivity index is 5.18. The van der Waals surface area contributed by atoms with Gasteiger partial charge in [0.15, 0.2) is 0 Å². The van der Waals surface area contributed by atoms with Crippen LogP contribution in [0.4, 0.5) is 0 Å². The van der Waals surface area contributed by atoms with Crippen molar-refractivity contribution in [1.82, 2.24) is 9.80 Å². The molecule has 0 spiro atoms. The van der Waals surface area contributed by atoms with E-state index in [-0.39, 0.29) is 0 Å². The maximum atomic E-state index is 4.64. The monoisotopic (exact) mass is 292 g/mol. The van der Waals surface area contributed by atoms with Crippen molar-refractivity contribution in [2.45, 2.75) is 40.5 Å². The highest BCUT2D eigenvalue weighted by molar-refractivity contribution is 6.04. The van der Waals surface area contributed by atoms with Crippen LogP contribution in [0.3, 0.4) is 0 Å². The van der Waals surface area contributed by atoms with Gasteiger partial charge in [-0.3, -0.25) is 9.98 Å². The minimum absolute atomic E-state index is 0.739. The van der Waals surface area contributed by atoms with E-state index in [4.69, 9.17) is 0 Å². The lowest BCUT2D eigenvalue weighted by atomic mass is 10.2. The van der Waals surface area contributed by atoms with Gasteiger partial charge < -0.3 is 9.80 Å². The van der Waals surface area contributed by atoms with Crippen LogP contribution in [0.25, 0.3) is 0 Å². The molecule has 0 aromatic carbocycles. The fraction of sp³-hybridized carbons (Fsp3) is 0.647. The fourth-order valence-corrected chi connectivity index (χ4v) is 2.14. The number of nitrogens with zero attached hydrogens (tertiary/aromatic N) is 4. The zero-order valence-electron chi connectivity index (χ0n) is 14.9. The second kappa shape index (κ2) is 10.2. The smallest absolute Gasteiger partial charge is 0.149 e. The second-order valence-electron chi connectivity index (χ2n) is 5.45. The molecule has 0 heterocycles. The standard InChI is InChI=1S/C17H32N4/c1-9-11-21(12-10-2)17(18-6)16(5)19-15(4)14(3)13-20(7)8/h13H,5,9-12H2,1-4,6-8H3/b14-13+,18-17+,19-15+. The minimum Gasteiger partial charge on any atom is -0.383 e. The average Bonchev–Trinajstić information content (AvgIpc) is 2.39. The molecule has 0 aliphatic heterocycles. The molecule has 0 rings (SSSR count). The van der Waals surface area contributed by atoms with Crippen molar-refractivity contribution < 1.29 is 0 Å². The Labute approximate surface area is 131 Å². The maximum Gasteiger partial charge on any atom is 0.149 e. The number of hydrogen-bond donors (Lipinski definition) is 0. The zero-order chi connectivity index (χ0) is 16.4. The molecule has 0 unspecified atom stereocenters. The normalized spacial score (nSPS) is 13.4. The van der Waals surface area contributed by atoms with Crippen LogP contribution in [0.15, 0.2) is 34.0 Å². The Kier molecular flexibility index (Phi) is 9.42. The lowest BCUT2D eigenvalue weighted by Crippen LogP contribution is -2.33. The minimum atomic E-state index is 0.739. The van der Waals surface area contributed by atoms with Gasteiger partial charge in [-0.2, -0.15) is 0 Å². The van der Waals surface area contributed by atoms with Crippen LogP contribution in [-0.2, 0) is 0 Å². The molecule has 21 heavy (non-hydrogen) atoms. The van der Waals surface area contributed by atoms with E-state index < -0.39 is 0 Å². The predicted molar refractivity (Wildman–Crippen MR) is 95.2 cm³/mol. The quantitative estimate of drug-likeness (QED) is 0.506. The molecule has 0 radical (unpaired) electrons. The van der Waals surface area contributed by atoms with Crippen molar-refractivity contribution in [3.63, 3.8) is 0 Å². The Hall–Kier alpha value is -1.58. The van der Waals surface area contributed by atoms with E-state index in [2.05, 4.69) is 48.4 Å². The summed E-state index contributed by atoms with van der Waals surface area (Å²) >= 11 is 0. The average molecular weight is 292 g/mol. The van der Waals surface area contributed by atoms with Crippen molar-refractivity contribution in [3.8, 4) is 0 Å². The molecule has 0 saturated heterocycles. The summed E-state index contributed by atoms with van der Waals surface area (Å²) < 4.78 is 0. The number of aliphatic imine (C=N–C) groups is 2. The SMILES string of the molecule is C=C(/N=C(C)/C(C)=C/N(C)C)/C(=N\C)N(CCC)CCC. The van der Waals surface area contributed by atoms with Gasteiger partial charge in [0.2, 0.25) is 0 Å². The molecule has 0 bridgehead atoms. The molecule has 0 aromatic rings. The van der Waals surface area contributed by atoms with Crippen LogP contribution in [-0.4, -0.2) is 55.6 Å². The van der Waals surface area contributed by atoms with Crippen LogP contribution in [0.1, 0.15) is 40.5 Å². The van der Waals surface area contributed by atoms with Gasteiger partial charge >= 0.3 is 0 Å². The Morgan fingerprint density at radius 3 is 2.00 bits per heavy atom. The molecule has 0 aliphatic carbocycles. The summed E-state index contributed by atoms with van der Waals surface area (Å²) in [5.41, 5.74) is 2.85. The topological polar surface area (TPSA) is 31.2 Å².